The van der Waals surface area contributed by atoms with Gasteiger partial charge in [0.15, 0.2) is 0 Å². The number of rotatable bonds is 6. The van der Waals surface area contributed by atoms with Crippen LogP contribution in [0.4, 0.5) is 0 Å². The Morgan fingerprint density at radius 2 is 2.21 bits per heavy atom. The van der Waals surface area contributed by atoms with E-state index in [9.17, 15) is 0 Å². The van der Waals surface area contributed by atoms with Crippen molar-refractivity contribution in [2.24, 2.45) is 11.8 Å². The minimum Gasteiger partial charge on any atom is -0.381 e. The molecule has 19 heavy (non-hydrogen) atoms. The van der Waals surface area contributed by atoms with E-state index in [1.54, 1.807) is 0 Å². The lowest BCUT2D eigenvalue weighted by Crippen LogP contribution is -2.48. The molecule has 2 fully saturated rings. The molecule has 0 amide bonds. The van der Waals surface area contributed by atoms with Gasteiger partial charge in [0.25, 0.3) is 0 Å². The summed E-state index contributed by atoms with van der Waals surface area (Å²) >= 11 is 0. The van der Waals surface area contributed by atoms with Gasteiger partial charge in [0.2, 0.25) is 0 Å². The third-order valence-corrected chi connectivity index (χ3v) is 4.53. The van der Waals surface area contributed by atoms with E-state index >= 15 is 0 Å². The van der Waals surface area contributed by atoms with Crippen molar-refractivity contribution in [2.45, 2.75) is 64.5 Å². The molecule has 0 spiro atoms. The first-order valence-electron chi connectivity index (χ1n) is 8.05. The van der Waals surface area contributed by atoms with Gasteiger partial charge in [-0.2, -0.15) is 0 Å². The van der Waals surface area contributed by atoms with Crippen molar-refractivity contribution in [3.8, 4) is 0 Å². The molecular weight excluding hydrogens is 238 g/mol. The Balaban J connectivity index is 1.88. The molecule has 1 aliphatic carbocycles. The van der Waals surface area contributed by atoms with E-state index < -0.39 is 0 Å². The van der Waals surface area contributed by atoms with E-state index in [-0.39, 0.29) is 5.60 Å². The topological polar surface area (TPSA) is 30.5 Å². The van der Waals surface area contributed by atoms with Gasteiger partial charge in [0.1, 0.15) is 0 Å². The van der Waals surface area contributed by atoms with Gasteiger partial charge in [-0.25, -0.2) is 0 Å². The minimum atomic E-state index is 0.0739. The molecule has 3 atom stereocenters. The summed E-state index contributed by atoms with van der Waals surface area (Å²) in [4.78, 5) is 0. The molecule has 3 heteroatoms. The maximum Gasteiger partial charge on any atom is 0.0809 e. The molecule has 1 heterocycles. The highest BCUT2D eigenvalue weighted by atomic mass is 16.5. The zero-order valence-corrected chi connectivity index (χ0v) is 12.9. The Kier molecular flexibility index (Phi) is 5.67. The van der Waals surface area contributed by atoms with E-state index in [1.165, 1.54) is 32.1 Å². The van der Waals surface area contributed by atoms with Crippen LogP contribution in [0.5, 0.6) is 0 Å². The summed E-state index contributed by atoms with van der Waals surface area (Å²) in [6.07, 6.45) is 6.26. The van der Waals surface area contributed by atoms with Crippen LogP contribution in [-0.4, -0.2) is 38.0 Å². The number of hydrogen-bond acceptors (Lipinski definition) is 3. The van der Waals surface area contributed by atoms with Crippen molar-refractivity contribution in [3.05, 3.63) is 0 Å². The second-order valence-corrected chi connectivity index (χ2v) is 6.96. The Labute approximate surface area is 118 Å². The first kappa shape index (κ1) is 15.3. The summed E-state index contributed by atoms with van der Waals surface area (Å²) in [5.41, 5.74) is 0.0739. The van der Waals surface area contributed by atoms with Gasteiger partial charge in [-0.05, 0) is 25.2 Å². The van der Waals surface area contributed by atoms with Gasteiger partial charge in [-0.3, -0.25) is 0 Å². The Hall–Kier alpha value is -0.120. The molecule has 2 aliphatic rings. The van der Waals surface area contributed by atoms with Crippen LogP contribution in [0, 0.1) is 11.8 Å². The monoisotopic (exact) mass is 269 g/mol. The van der Waals surface area contributed by atoms with Gasteiger partial charge < -0.3 is 14.8 Å². The van der Waals surface area contributed by atoms with E-state index in [1.807, 2.05) is 0 Å². The van der Waals surface area contributed by atoms with Crippen LogP contribution >= 0.6 is 0 Å². The Morgan fingerprint density at radius 1 is 1.37 bits per heavy atom. The fourth-order valence-corrected chi connectivity index (χ4v) is 3.35. The highest BCUT2D eigenvalue weighted by Crippen LogP contribution is 2.35. The summed E-state index contributed by atoms with van der Waals surface area (Å²) in [5, 5.41) is 3.60. The van der Waals surface area contributed by atoms with Crippen molar-refractivity contribution in [1.29, 1.82) is 0 Å². The highest BCUT2D eigenvalue weighted by molar-refractivity contribution is 4.90. The summed E-state index contributed by atoms with van der Waals surface area (Å²) in [5.74, 6) is 1.41. The molecule has 112 valence electrons. The van der Waals surface area contributed by atoms with Crippen LogP contribution in [0.3, 0.4) is 0 Å². The maximum atomic E-state index is 6.43. The van der Waals surface area contributed by atoms with Gasteiger partial charge in [0, 0.05) is 25.1 Å². The Morgan fingerprint density at radius 3 is 2.84 bits per heavy atom. The number of ether oxygens (including phenoxy) is 2. The van der Waals surface area contributed by atoms with Crippen LogP contribution in [0.1, 0.15) is 52.9 Å². The number of nitrogens with one attached hydrogen (secondary N) is 1. The molecular formula is C16H31NO2. The maximum absolute atomic E-state index is 6.43. The zero-order valence-electron chi connectivity index (χ0n) is 12.9. The largest absolute Gasteiger partial charge is 0.381 e. The van der Waals surface area contributed by atoms with Crippen molar-refractivity contribution >= 4 is 0 Å². The molecule has 2 rings (SSSR count). The van der Waals surface area contributed by atoms with Gasteiger partial charge >= 0.3 is 0 Å². The lowest BCUT2D eigenvalue weighted by Gasteiger charge is -2.41. The van der Waals surface area contributed by atoms with Crippen LogP contribution in [-0.2, 0) is 9.47 Å². The fraction of sp³-hybridized carbons (Fsp3) is 1.00. The second kappa shape index (κ2) is 7.05. The van der Waals surface area contributed by atoms with Gasteiger partial charge in [-0.1, -0.05) is 33.6 Å². The van der Waals surface area contributed by atoms with Crippen LogP contribution in [0.2, 0.25) is 0 Å². The predicted octanol–water partition coefficient (Wildman–Crippen LogP) is 2.99. The van der Waals surface area contributed by atoms with Crippen molar-refractivity contribution in [2.75, 3.05) is 26.4 Å². The molecule has 1 saturated carbocycles. The van der Waals surface area contributed by atoms with Crippen molar-refractivity contribution in [3.63, 3.8) is 0 Å². The first-order valence-corrected chi connectivity index (χ1v) is 8.05. The Bertz CT molecular complexity index is 263. The molecule has 0 aromatic heterocycles. The predicted molar refractivity (Wildman–Crippen MR) is 78.4 cm³/mol. The average molecular weight is 269 g/mol. The normalized spacial score (nSPS) is 36.0. The quantitative estimate of drug-likeness (QED) is 0.804. The van der Waals surface area contributed by atoms with E-state index in [0.717, 1.165) is 32.3 Å². The molecule has 1 aliphatic heterocycles. The van der Waals surface area contributed by atoms with E-state index in [0.29, 0.717) is 12.0 Å². The zero-order chi connectivity index (χ0) is 13.7. The van der Waals surface area contributed by atoms with Gasteiger partial charge in [0.05, 0.1) is 18.8 Å². The number of hydrogen-bond donors (Lipinski definition) is 1. The fourth-order valence-electron chi connectivity index (χ4n) is 3.35. The lowest BCUT2D eigenvalue weighted by atomic mass is 9.78. The lowest BCUT2D eigenvalue weighted by molar-refractivity contribution is -0.0924. The van der Waals surface area contributed by atoms with Crippen molar-refractivity contribution in [1.82, 2.24) is 5.32 Å². The average Bonchev–Trinajstić information content (AvgIpc) is 2.87. The molecule has 0 aromatic carbocycles. The van der Waals surface area contributed by atoms with Gasteiger partial charge in [-0.15, -0.1) is 0 Å². The second-order valence-electron chi connectivity index (χ2n) is 6.96. The smallest absolute Gasteiger partial charge is 0.0809 e. The summed E-state index contributed by atoms with van der Waals surface area (Å²) in [6, 6.07) is 0.535. The summed E-state index contributed by atoms with van der Waals surface area (Å²) < 4.78 is 11.9. The minimum absolute atomic E-state index is 0.0739. The molecule has 0 aromatic rings. The highest BCUT2D eigenvalue weighted by Gasteiger charge is 2.36. The molecule has 0 bridgehead atoms. The van der Waals surface area contributed by atoms with Crippen LogP contribution < -0.4 is 5.32 Å². The molecule has 3 nitrogen and oxygen atoms in total. The van der Waals surface area contributed by atoms with E-state index in [4.69, 9.17) is 9.47 Å². The molecule has 1 N–H and O–H groups in total. The van der Waals surface area contributed by atoms with Crippen LogP contribution in [0.25, 0.3) is 0 Å². The molecule has 0 radical (unpaired) electrons. The standard InChI is InChI=1S/C16H31NO2/c1-13(2)17-12-16(7-4-5-14(3)9-16)19-11-15-6-8-18-10-15/h13-15,17H,4-12H2,1-3H3. The third-order valence-electron chi connectivity index (χ3n) is 4.53. The van der Waals surface area contributed by atoms with E-state index in [2.05, 4.69) is 26.1 Å². The first-order chi connectivity index (χ1) is 9.10. The molecule has 1 saturated heterocycles. The summed E-state index contributed by atoms with van der Waals surface area (Å²) in [7, 11) is 0. The van der Waals surface area contributed by atoms with Crippen LogP contribution in [0.15, 0.2) is 0 Å². The SMILES string of the molecule is CC1CCCC(CNC(C)C)(OCC2CCOC2)C1. The third kappa shape index (κ3) is 4.73. The van der Waals surface area contributed by atoms with Crippen molar-refractivity contribution < 1.29 is 9.47 Å². The summed E-state index contributed by atoms with van der Waals surface area (Å²) in [6.45, 7) is 10.5. The molecule has 3 unspecified atom stereocenters.